The maximum Gasteiger partial charge on any atom is 0.330 e. The van der Waals surface area contributed by atoms with Gasteiger partial charge in [0.05, 0.1) is 25.4 Å². The van der Waals surface area contributed by atoms with Crippen LogP contribution in [-0.2, 0) is 9.47 Å². The van der Waals surface area contributed by atoms with Crippen LogP contribution in [0.15, 0.2) is 21.9 Å². The molecule has 0 aliphatic carbocycles. The number of hydrogen-bond donors (Lipinski definition) is 3. The van der Waals surface area contributed by atoms with Crippen LogP contribution in [0.25, 0.3) is 6.08 Å². The number of hydrogen-bond acceptors (Lipinski definition) is 6. The van der Waals surface area contributed by atoms with Crippen LogP contribution in [0, 0.1) is 0 Å². The van der Waals surface area contributed by atoms with E-state index in [4.69, 9.17) is 19.7 Å². The highest BCUT2D eigenvalue weighted by atomic mass is 16.7. The third-order valence-electron chi connectivity index (χ3n) is 2.59. The molecule has 1 aliphatic rings. The van der Waals surface area contributed by atoms with Crippen molar-refractivity contribution in [1.29, 1.82) is 0 Å². The van der Waals surface area contributed by atoms with Crippen molar-refractivity contribution in [3.05, 3.63) is 38.7 Å². The van der Waals surface area contributed by atoms with Crippen molar-refractivity contribution in [1.82, 2.24) is 9.55 Å². The lowest BCUT2D eigenvalue weighted by Gasteiger charge is -2.12. The van der Waals surface area contributed by atoms with E-state index in [9.17, 15) is 9.59 Å². The topological polar surface area (TPSA) is 114 Å². The van der Waals surface area contributed by atoms with Gasteiger partial charge in [0, 0.05) is 6.20 Å². The second-order valence-electron chi connectivity index (χ2n) is 3.87. The van der Waals surface area contributed by atoms with E-state index in [1.54, 1.807) is 0 Å². The molecule has 0 saturated carbocycles. The zero-order chi connectivity index (χ0) is 13.8. The van der Waals surface area contributed by atoms with Crippen molar-refractivity contribution in [2.75, 3.05) is 19.8 Å². The molecule has 104 valence electrons. The van der Waals surface area contributed by atoms with Gasteiger partial charge in [-0.15, -0.1) is 0 Å². The van der Waals surface area contributed by atoms with E-state index in [1.807, 2.05) is 0 Å². The first kappa shape index (κ1) is 13.7. The Balaban J connectivity index is 2.33. The monoisotopic (exact) mass is 270 g/mol. The second kappa shape index (κ2) is 5.93. The van der Waals surface area contributed by atoms with Crippen LogP contribution in [0.5, 0.6) is 0 Å². The number of nitrogens with one attached hydrogen (secondary N) is 1. The quantitative estimate of drug-likeness (QED) is 0.607. The Kier molecular flexibility index (Phi) is 4.27. The van der Waals surface area contributed by atoms with Gasteiger partial charge in [-0.2, -0.15) is 0 Å². The summed E-state index contributed by atoms with van der Waals surface area (Å²) in [6.07, 6.45) is 2.61. The fourth-order valence-electron chi connectivity index (χ4n) is 1.70. The Hall–Kier alpha value is -1.74. The molecule has 0 aromatic carbocycles. The van der Waals surface area contributed by atoms with Crippen molar-refractivity contribution in [2.45, 2.75) is 12.5 Å². The predicted octanol–water partition coefficient (Wildman–Crippen LogP) is -1.59. The normalized spacial score (nSPS) is 23.3. The van der Waals surface area contributed by atoms with Gasteiger partial charge in [-0.25, -0.2) is 4.79 Å². The van der Waals surface area contributed by atoms with Gasteiger partial charge in [0.25, 0.3) is 5.56 Å². The van der Waals surface area contributed by atoms with E-state index in [2.05, 4.69) is 4.98 Å². The lowest BCUT2D eigenvalue weighted by atomic mass is 10.3. The Labute approximate surface area is 107 Å². The van der Waals surface area contributed by atoms with E-state index in [0.717, 1.165) is 0 Å². The highest BCUT2D eigenvalue weighted by Gasteiger charge is 2.27. The van der Waals surface area contributed by atoms with Gasteiger partial charge < -0.3 is 19.7 Å². The first-order chi connectivity index (χ1) is 9.15. The fraction of sp³-hybridized carbons (Fsp3) is 0.455. The minimum absolute atomic E-state index is 0.0976. The number of aliphatic hydroxyl groups excluding tert-OH is 2. The fourth-order valence-corrected chi connectivity index (χ4v) is 1.70. The van der Waals surface area contributed by atoms with Gasteiger partial charge in [0.1, 0.15) is 0 Å². The van der Waals surface area contributed by atoms with Crippen molar-refractivity contribution in [2.24, 2.45) is 0 Å². The number of H-pyrrole nitrogens is 1. The van der Waals surface area contributed by atoms with E-state index in [0.29, 0.717) is 0 Å². The molecule has 0 radical (unpaired) electrons. The van der Waals surface area contributed by atoms with Crippen molar-refractivity contribution < 1.29 is 19.7 Å². The SMILES string of the molecule is O=c1[nH]c(=O)n([C@@H]2CO[C@H](CO)O2)cc1C=CCO. The Morgan fingerprint density at radius 2 is 2.26 bits per heavy atom. The summed E-state index contributed by atoms with van der Waals surface area (Å²) < 4.78 is 11.5. The zero-order valence-electron chi connectivity index (χ0n) is 9.98. The summed E-state index contributed by atoms with van der Waals surface area (Å²) in [5.74, 6) is 0. The molecule has 0 unspecified atom stereocenters. The number of aliphatic hydroxyl groups is 2. The lowest BCUT2D eigenvalue weighted by Crippen LogP contribution is -2.34. The minimum atomic E-state index is -0.778. The Bertz CT molecular complexity index is 575. The largest absolute Gasteiger partial charge is 0.392 e. The second-order valence-corrected chi connectivity index (χ2v) is 3.87. The summed E-state index contributed by atoms with van der Waals surface area (Å²) in [5.41, 5.74) is -0.966. The molecule has 0 amide bonds. The van der Waals surface area contributed by atoms with Crippen molar-refractivity contribution in [3.8, 4) is 0 Å². The van der Waals surface area contributed by atoms with Crippen molar-refractivity contribution >= 4 is 6.08 Å². The van der Waals surface area contributed by atoms with Crippen LogP contribution in [0.2, 0.25) is 0 Å². The molecule has 8 heteroatoms. The van der Waals surface area contributed by atoms with Gasteiger partial charge in [-0.1, -0.05) is 6.08 Å². The summed E-state index contributed by atoms with van der Waals surface area (Å²) in [6.45, 7) is -0.430. The van der Waals surface area contributed by atoms with Crippen molar-refractivity contribution in [3.63, 3.8) is 0 Å². The molecule has 1 aromatic heterocycles. The summed E-state index contributed by atoms with van der Waals surface area (Å²) in [4.78, 5) is 25.4. The van der Waals surface area contributed by atoms with Crippen LogP contribution in [0.3, 0.4) is 0 Å². The van der Waals surface area contributed by atoms with E-state index in [-0.39, 0.29) is 25.4 Å². The third kappa shape index (κ3) is 2.99. The number of nitrogens with zero attached hydrogens (tertiary/aromatic N) is 1. The Morgan fingerprint density at radius 3 is 2.89 bits per heavy atom. The molecule has 3 N–H and O–H groups in total. The molecule has 2 rings (SSSR count). The number of rotatable bonds is 4. The molecule has 1 saturated heterocycles. The average Bonchev–Trinajstić information content (AvgIpc) is 2.86. The smallest absolute Gasteiger partial charge is 0.330 e. The van der Waals surface area contributed by atoms with Gasteiger partial charge in [-0.3, -0.25) is 14.3 Å². The summed E-state index contributed by atoms with van der Waals surface area (Å²) in [6, 6.07) is 0. The first-order valence-corrected chi connectivity index (χ1v) is 5.66. The third-order valence-corrected chi connectivity index (χ3v) is 2.59. The first-order valence-electron chi connectivity index (χ1n) is 5.66. The molecular formula is C11H14N2O6. The molecule has 0 bridgehead atoms. The van der Waals surface area contributed by atoms with Gasteiger partial charge in [0.2, 0.25) is 0 Å². The van der Waals surface area contributed by atoms with E-state index < -0.39 is 23.8 Å². The average molecular weight is 270 g/mol. The van der Waals surface area contributed by atoms with Crippen LogP contribution in [0.4, 0.5) is 0 Å². The van der Waals surface area contributed by atoms with Gasteiger partial charge in [0.15, 0.2) is 12.5 Å². The standard InChI is InChI=1S/C11H14N2O6/c14-3-1-2-7-4-13(11(17)12-10(7)16)8-6-18-9(5-15)19-8/h1-2,4,8-9,14-15H,3,5-6H2,(H,12,16,17)/t8-,9-/m0/s1. The summed E-state index contributed by atoms with van der Waals surface area (Å²) >= 11 is 0. The summed E-state index contributed by atoms with van der Waals surface area (Å²) in [5, 5.41) is 17.6. The Morgan fingerprint density at radius 1 is 1.47 bits per heavy atom. The zero-order valence-corrected chi connectivity index (χ0v) is 9.98. The molecule has 19 heavy (non-hydrogen) atoms. The van der Waals surface area contributed by atoms with Crippen LogP contribution < -0.4 is 11.2 Å². The molecule has 1 fully saturated rings. The van der Waals surface area contributed by atoms with Gasteiger partial charge in [-0.05, 0) is 6.08 Å². The van der Waals surface area contributed by atoms with Crippen LogP contribution in [0.1, 0.15) is 11.8 Å². The molecule has 2 atom stereocenters. The molecule has 2 heterocycles. The number of ether oxygens (including phenoxy) is 2. The minimum Gasteiger partial charge on any atom is -0.392 e. The number of aromatic amines is 1. The van der Waals surface area contributed by atoms with Crippen LogP contribution >= 0.6 is 0 Å². The molecule has 0 spiro atoms. The van der Waals surface area contributed by atoms with Gasteiger partial charge >= 0.3 is 5.69 Å². The lowest BCUT2D eigenvalue weighted by molar-refractivity contribution is -0.0993. The molecular weight excluding hydrogens is 256 g/mol. The summed E-state index contributed by atoms with van der Waals surface area (Å²) in [7, 11) is 0. The molecule has 1 aromatic rings. The van der Waals surface area contributed by atoms with E-state index in [1.165, 1.54) is 22.9 Å². The highest BCUT2D eigenvalue weighted by molar-refractivity contribution is 5.46. The maximum absolute atomic E-state index is 11.7. The molecule has 1 aliphatic heterocycles. The highest BCUT2D eigenvalue weighted by Crippen LogP contribution is 2.18. The van der Waals surface area contributed by atoms with Crippen LogP contribution in [-0.4, -0.2) is 45.9 Å². The van der Waals surface area contributed by atoms with E-state index >= 15 is 0 Å². The molecule has 8 nitrogen and oxygen atoms in total. The predicted molar refractivity (Wildman–Crippen MR) is 64.4 cm³/mol. The number of aromatic nitrogens is 2. The maximum atomic E-state index is 11.7.